The van der Waals surface area contributed by atoms with Crippen molar-refractivity contribution in [2.75, 3.05) is 12.3 Å². The number of nitrogens with zero attached hydrogens (tertiary/aromatic N) is 3. The van der Waals surface area contributed by atoms with E-state index in [1.165, 1.54) is 6.33 Å². The fourth-order valence-corrected chi connectivity index (χ4v) is 2.92. The predicted octanol–water partition coefficient (Wildman–Crippen LogP) is -0.00940. The van der Waals surface area contributed by atoms with Gasteiger partial charge in [-0.3, -0.25) is 0 Å². The number of anilines is 1. The lowest BCUT2D eigenvalue weighted by Crippen LogP contribution is -2.33. The van der Waals surface area contributed by atoms with E-state index in [1.807, 2.05) is 0 Å². The third kappa shape index (κ3) is 2.31. The lowest BCUT2D eigenvalue weighted by Gasteiger charge is -2.17. The van der Waals surface area contributed by atoms with Crippen LogP contribution in [0.4, 0.5) is 5.82 Å². The molecule has 0 spiro atoms. The average molecular weight is 371 g/mol. The molecule has 5 N–H and O–H groups in total. The molecule has 2 aromatic rings. The molecule has 8 nitrogen and oxygen atoms in total. The molecule has 2 aromatic heterocycles. The molecule has 1 saturated heterocycles. The number of nitrogens with two attached hydrogens (primary N) is 1. The summed E-state index contributed by atoms with van der Waals surface area (Å²) < 4.78 is 7.12. The van der Waals surface area contributed by atoms with E-state index in [2.05, 4.69) is 25.9 Å². The maximum absolute atomic E-state index is 10.2. The van der Waals surface area contributed by atoms with E-state index in [4.69, 9.17) is 10.5 Å². The number of aromatic nitrogens is 3. The Balaban J connectivity index is 2.14. The summed E-state index contributed by atoms with van der Waals surface area (Å²) in [5.41, 5.74) is 7.12. The minimum Gasteiger partial charge on any atom is -0.394 e. The van der Waals surface area contributed by atoms with Crippen molar-refractivity contribution >= 4 is 38.9 Å². The molecule has 0 saturated carbocycles. The van der Waals surface area contributed by atoms with E-state index in [1.54, 1.807) is 21.8 Å². The molecule has 1 aliphatic rings. The number of hydrogen-bond acceptors (Lipinski definition) is 7. The highest BCUT2D eigenvalue weighted by Gasteiger charge is 2.44. The molecule has 1 aliphatic heterocycles. The van der Waals surface area contributed by atoms with Crippen LogP contribution in [0, 0.1) is 0 Å². The van der Waals surface area contributed by atoms with Crippen molar-refractivity contribution in [1.29, 1.82) is 0 Å². The quantitative estimate of drug-likeness (QED) is 0.598. The predicted molar refractivity (Wildman–Crippen MR) is 82.9 cm³/mol. The van der Waals surface area contributed by atoms with Crippen LogP contribution in [0.3, 0.4) is 0 Å². The van der Waals surface area contributed by atoms with E-state index >= 15 is 0 Å². The maximum atomic E-state index is 10.2. The van der Waals surface area contributed by atoms with Crippen LogP contribution in [0.2, 0.25) is 0 Å². The SMILES string of the molecule is Nc1ncnc2c1c(C=CBr)cn2C1OC(CO)C(O)C1O. The first-order valence-corrected chi connectivity index (χ1v) is 7.50. The second kappa shape index (κ2) is 5.94. The van der Waals surface area contributed by atoms with E-state index in [9.17, 15) is 15.3 Å². The van der Waals surface area contributed by atoms with Crippen molar-refractivity contribution in [3.63, 3.8) is 0 Å². The molecule has 3 rings (SSSR count). The molecule has 4 unspecified atom stereocenters. The van der Waals surface area contributed by atoms with Gasteiger partial charge in [-0.05, 0) is 11.1 Å². The molecule has 0 radical (unpaired) electrons. The Bertz CT molecular complexity index is 719. The van der Waals surface area contributed by atoms with Crippen molar-refractivity contribution in [3.05, 3.63) is 23.1 Å². The number of aliphatic hydroxyl groups excluding tert-OH is 3. The number of ether oxygens (including phenoxy) is 1. The zero-order valence-electron chi connectivity index (χ0n) is 11.4. The van der Waals surface area contributed by atoms with Crippen molar-refractivity contribution in [2.45, 2.75) is 24.5 Å². The maximum Gasteiger partial charge on any atom is 0.164 e. The fourth-order valence-electron chi connectivity index (χ4n) is 2.64. The van der Waals surface area contributed by atoms with Crippen LogP contribution in [0.25, 0.3) is 17.1 Å². The number of fused-ring (bicyclic) bond motifs is 1. The van der Waals surface area contributed by atoms with Crippen LogP contribution in [0.1, 0.15) is 11.8 Å². The molecule has 22 heavy (non-hydrogen) atoms. The molecule has 118 valence electrons. The van der Waals surface area contributed by atoms with Gasteiger partial charge >= 0.3 is 0 Å². The minimum atomic E-state index is -1.19. The summed E-state index contributed by atoms with van der Waals surface area (Å²) >= 11 is 3.21. The highest BCUT2D eigenvalue weighted by molar-refractivity contribution is 9.11. The number of nitrogen functional groups attached to an aromatic ring is 1. The van der Waals surface area contributed by atoms with Gasteiger partial charge in [-0.2, -0.15) is 0 Å². The summed E-state index contributed by atoms with van der Waals surface area (Å²) in [7, 11) is 0. The van der Waals surface area contributed by atoms with Gasteiger partial charge in [0.2, 0.25) is 0 Å². The van der Waals surface area contributed by atoms with Crippen LogP contribution in [-0.4, -0.2) is 54.8 Å². The average Bonchev–Trinajstić information content (AvgIpc) is 3.00. The minimum absolute atomic E-state index is 0.302. The fraction of sp³-hybridized carbons (Fsp3) is 0.385. The third-order valence-corrected chi connectivity index (χ3v) is 3.97. The smallest absolute Gasteiger partial charge is 0.164 e. The van der Waals surface area contributed by atoms with E-state index < -0.39 is 24.5 Å². The number of aliphatic hydroxyl groups is 3. The zero-order valence-corrected chi connectivity index (χ0v) is 13.0. The number of halogens is 1. The monoisotopic (exact) mass is 370 g/mol. The normalized spacial score (nSPS) is 28.9. The van der Waals surface area contributed by atoms with Gasteiger partial charge in [0.15, 0.2) is 6.23 Å². The van der Waals surface area contributed by atoms with Crippen molar-refractivity contribution in [2.24, 2.45) is 0 Å². The van der Waals surface area contributed by atoms with Crippen LogP contribution in [-0.2, 0) is 4.74 Å². The lowest BCUT2D eigenvalue weighted by atomic mass is 10.1. The Morgan fingerprint density at radius 3 is 2.77 bits per heavy atom. The standard InChI is InChI=1S/C13H15BrN4O4/c14-2-1-6-3-18(12-8(6)11(15)16-5-17-12)13-10(21)9(20)7(4-19)22-13/h1-3,5,7,9-10,13,19-21H,4H2,(H2,15,16,17). The van der Waals surface area contributed by atoms with Crippen molar-refractivity contribution < 1.29 is 20.1 Å². The largest absolute Gasteiger partial charge is 0.394 e. The van der Waals surface area contributed by atoms with E-state index in [0.717, 1.165) is 5.56 Å². The van der Waals surface area contributed by atoms with Crippen molar-refractivity contribution in [3.8, 4) is 0 Å². The van der Waals surface area contributed by atoms with Gasteiger partial charge in [-0.1, -0.05) is 15.9 Å². The first kappa shape index (κ1) is 15.4. The molecule has 0 bridgehead atoms. The van der Waals surface area contributed by atoms with Gasteiger partial charge < -0.3 is 30.4 Å². The Kier molecular flexibility index (Phi) is 4.15. The molecule has 4 atom stereocenters. The Morgan fingerprint density at radius 2 is 2.14 bits per heavy atom. The summed E-state index contributed by atoms with van der Waals surface area (Å²) in [4.78, 5) is 9.82. The molecular weight excluding hydrogens is 356 g/mol. The third-order valence-electron chi connectivity index (χ3n) is 3.70. The Labute approximate surface area is 134 Å². The lowest BCUT2D eigenvalue weighted by molar-refractivity contribution is -0.0508. The van der Waals surface area contributed by atoms with Crippen LogP contribution < -0.4 is 5.73 Å². The van der Waals surface area contributed by atoms with Gasteiger partial charge in [0, 0.05) is 11.8 Å². The molecule has 9 heteroatoms. The Hall–Kier alpha value is -1.52. The first-order chi connectivity index (χ1) is 10.6. The van der Waals surface area contributed by atoms with Crippen LogP contribution in [0.15, 0.2) is 17.5 Å². The summed E-state index contributed by atoms with van der Waals surface area (Å²) in [5, 5.41) is 29.9. The van der Waals surface area contributed by atoms with Crippen molar-refractivity contribution in [1.82, 2.24) is 14.5 Å². The van der Waals surface area contributed by atoms with Crippen LogP contribution in [0.5, 0.6) is 0 Å². The van der Waals surface area contributed by atoms with E-state index in [0.29, 0.717) is 16.9 Å². The highest BCUT2D eigenvalue weighted by Crippen LogP contribution is 2.34. The van der Waals surface area contributed by atoms with Gasteiger partial charge in [0.1, 0.15) is 36.1 Å². The molecule has 0 aromatic carbocycles. The summed E-state index contributed by atoms with van der Waals surface area (Å²) in [6.07, 6.45) is 0.685. The highest BCUT2D eigenvalue weighted by atomic mass is 79.9. The van der Waals surface area contributed by atoms with Gasteiger partial charge in [0.05, 0.1) is 12.0 Å². The summed E-state index contributed by atoms with van der Waals surface area (Å²) in [6.45, 7) is -0.390. The molecule has 1 fully saturated rings. The molecule has 0 aliphatic carbocycles. The summed E-state index contributed by atoms with van der Waals surface area (Å²) in [6, 6.07) is 0. The van der Waals surface area contributed by atoms with E-state index in [-0.39, 0.29) is 6.61 Å². The Morgan fingerprint density at radius 1 is 1.36 bits per heavy atom. The van der Waals surface area contributed by atoms with Crippen LogP contribution >= 0.6 is 15.9 Å². The molecule has 0 amide bonds. The molecular formula is C13H15BrN4O4. The number of hydrogen-bond donors (Lipinski definition) is 4. The first-order valence-electron chi connectivity index (χ1n) is 6.58. The summed E-state index contributed by atoms with van der Waals surface area (Å²) in [5.74, 6) is 0.302. The molecule has 3 heterocycles. The van der Waals surface area contributed by atoms with Gasteiger partial charge in [-0.25, -0.2) is 9.97 Å². The number of rotatable bonds is 3. The van der Waals surface area contributed by atoms with Gasteiger partial charge in [-0.15, -0.1) is 0 Å². The second-order valence-electron chi connectivity index (χ2n) is 4.97. The zero-order chi connectivity index (χ0) is 15.9. The topological polar surface area (TPSA) is 127 Å². The second-order valence-corrected chi connectivity index (χ2v) is 5.50. The van der Waals surface area contributed by atoms with Gasteiger partial charge in [0.25, 0.3) is 0 Å².